The molecule has 1 saturated carbocycles. The molecular weight excluding hydrogens is 407 g/mol. The molecule has 8 nitrogen and oxygen atoms in total. The lowest BCUT2D eigenvalue weighted by Crippen LogP contribution is -2.31. The molecule has 5 atom stereocenters. The number of aliphatic hydroxyl groups excluding tert-OH is 3. The van der Waals surface area contributed by atoms with Crippen LogP contribution in [0.3, 0.4) is 0 Å². The summed E-state index contributed by atoms with van der Waals surface area (Å²) < 4.78 is 1.75. The Kier molecular flexibility index (Phi) is 5.07. The highest BCUT2D eigenvalue weighted by Gasteiger charge is 2.46. The van der Waals surface area contributed by atoms with Gasteiger partial charge in [0.1, 0.15) is 11.8 Å². The van der Waals surface area contributed by atoms with Gasteiger partial charge in [0.2, 0.25) is 5.49 Å². The first-order valence-electron chi connectivity index (χ1n) is 8.64. The third kappa shape index (κ3) is 3.07. The predicted octanol–water partition coefficient (Wildman–Crippen LogP) is 1.98. The second kappa shape index (κ2) is 7.38. The topological polar surface area (TPSA) is 127 Å². The smallest absolute Gasteiger partial charge is 0.203 e. The average molecular weight is 425 g/mol. The minimum atomic E-state index is -1.14. The SMILES string of the molecule is O/N=c1/nc[nH]c2c1ccn2[C@@H]1C[C@H]([C@H](O)c2ccc(Cl)c(Cl)c2)[C@@H](O)[C@H]1O. The van der Waals surface area contributed by atoms with Crippen molar-refractivity contribution in [1.82, 2.24) is 14.5 Å². The van der Waals surface area contributed by atoms with Crippen molar-refractivity contribution in [2.75, 3.05) is 0 Å². The van der Waals surface area contributed by atoms with Gasteiger partial charge in [-0.1, -0.05) is 34.4 Å². The molecular formula is C18H18Cl2N4O4. The predicted molar refractivity (Wildman–Crippen MR) is 102 cm³/mol. The van der Waals surface area contributed by atoms with E-state index in [2.05, 4.69) is 15.1 Å². The van der Waals surface area contributed by atoms with Crippen molar-refractivity contribution >= 4 is 34.2 Å². The standard InChI is InChI=1S/C18H18Cl2N4O4/c19-11-2-1-8(5-12(11)20)14(25)10-6-13(16(27)15(10)26)24-4-3-9-17(23-28)21-7-22-18(9)24/h1-5,7,10,13-16,25-28H,6H2,(H,21,22,23)/t10-,13-,14-,15-,16+/m1/s1. The summed E-state index contributed by atoms with van der Waals surface area (Å²) in [6, 6.07) is 5.99. The summed E-state index contributed by atoms with van der Waals surface area (Å²) in [5.41, 5.74) is 1.25. The fourth-order valence-electron chi connectivity index (χ4n) is 3.94. The van der Waals surface area contributed by atoms with E-state index < -0.39 is 30.3 Å². The molecule has 1 aromatic carbocycles. The fraction of sp³-hybridized carbons (Fsp3) is 0.333. The number of nitrogens with one attached hydrogen (secondary N) is 1. The van der Waals surface area contributed by atoms with Gasteiger partial charge < -0.3 is 30.1 Å². The molecule has 5 N–H and O–H groups in total. The summed E-state index contributed by atoms with van der Waals surface area (Å²) in [4.78, 5) is 6.91. The van der Waals surface area contributed by atoms with E-state index in [1.807, 2.05) is 0 Å². The Balaban J connectivity index is 1.67. The molecule has 3 aromatic rings. The molecule has 1 fully saturated rings. The summed E-state index contributed by atoms with van der Waals surface area (Å²) in [5, 5.41) is 45.5. The number of H-pyrrole nitrogens is 1. The van der Waals surface area contributed by atoms with Crippen molar-refractivity contribution in [2.45, 2.75) is 30.8 Å². The van der Waals surface area contributed by atoms with Crippen LogP contribution in [-0.2, 0) is 0 Å². The number of rotatable bonds is 3. The number of fused-ring (bicyclic) bond motifs is 1. The zero-order valence-corrected chi connectivity index (χ0v) is 16.0. The largest absolute Gasteiger partial charge is 0.409 e. The second-order valence-electron chi connectivity index (χ2n) is 6.88. The molecule has 1 aliphatic carbocycles. The maximum absolute atomic E-state index is 10.8. The Morgan fingerprint density at radius 3 is 2.68 bits per heavy atom. The number of aromatic amines is 1. The summed E-state index contributed by atoms with van der Waals surface area (Å²) >= 11 is 12.0. The summed E-state index contributed by atoms with van der Waals surface area (Å²) in [6.45, 7) is 0. The third-order valence-corrected chi connectivity index (χ3v) is 6.12. The van der Waals surface area contributed by atoms with Gasteiger partial charge in [-0.2, -0.15) is 0 Å². The van der Waals surface area contributed by atoms with Gasteiger partial charge >= 0.3 is 0 Å². The number of benzene rings is 1. The molecule has 28 heavy (non-hydrogen) atoms. The first-order chi connectivity index (χ1) is 13.4. The van der Waals surface area contributed by atoms with E-state index in [0.29, 0.717) is 33.1 Å². The van der Waals surface area contributed by atoms with E-state index in [4.69, 9.17) is 28.4 Å². The van der Waals surface area contributed by atoms with E-state index in [1.54, 1.807) is 35.0 Å². The number of aliphatic hydroxyl groups is 3. The molecule has 148 valence electrons. The lowest BCUT2D eigenvalue weighted by atomic mass is 9.92. The van der Waals surface area contributed by atoms with Crippen molar-refractivity contribution < 1.29 is 20.5 Å². The van der Waals surface area contributed by atoms with Gasteiger partial charge in [-0.3, -0.25) is 0 Å². The zero-order valence-electron chi connectivity index (χ0n) is 14.4. The first-order valence-corrected chi connectivity index (χ1v) is 9.39. The lowest BCUT2D eigenvalue weighted by Gasteiger charge is -2.22. The molecule has 0 unspecified atom stereocenters. The Morgan fingerprint density at radius 1 is 1.18 bits per heavy atom. The van der Waals surface area contributed by atoms with Crippen molar-refractivity contribution in [1.29, 1.82) is 0 Å². The molecule has 0 bridgehead atoms. The molecule has 0 spiro atoms. The van der Waals surface area contributed by atoms with Crippen LogP contribution in [0, 0.1) is 5.92 Å². The van der Waals surface area contributed by atoms with Crippen LogP contribution in [0.1, 0.15) is 24.1 Å². The van der Waals surface area contributed by atoms with Crippen LogP contribution >= 0.6 is 23.2 Å². The van der Waals surface area contributed by atoms with Crippen molar-refractivity contribution in [3.63, 3.8) is 0 Å². The Hall–Kier alpha value is -2.10. The minimum absolute atomic E-state index is 0.146. The Labute approximate surface area is 169 Å². The van der Waals surface area contributed by atoms with E-state index >= 15 is 0 Å². The molecule has 4 rings (SSSR count). The first kappa shape index (κ1) is 19.2. The molecule has 0 saturated heterocycles. The monoisotopic (exact) mass is 424 g/mol. The van der Waals surface area contributed by atoms with Gasteiger partial charge in [-0.05, 0) is 30.2 Å². The number of hydrogen-bond donors (Lipinski definition) is 5. The van der Waals surface area contributed by atoms with E-state index in [1.165, 1.54) is 6.33 Å². The minimum Gasteiger partial charge on any atom is -0.409 e. The van der Waals surface area contributed by atoms with Crippen molar-refractivity contribution in [3.8, 4) is 0 Å². The third-order valence-electron chi connectivity index (χ3n) is 5.38. The Bertz CT molecular complexity index is 1080. The number of nitrogens with zero attached hydrogens (tertiary/aromatic N) is 3. The summed E-state index contributed by atoms with van der Waals surface area (Å²) in [7, 11) is 0. The molecule has 0 radical (unpaired) electrons. The van der Waals surface area contributed by atoms with E-state index in [0.717, 1.165) is 0 Å². The van der Waals surface area contributed by atoms with Crippen LogP contribution in [0.2, 0.25) is 10.0 Å². The van der Waals surface area contributed by atoms with Crippen molar-refractivity contribution in [2.24, 2.45) is 11.1 Å². The molecule has 2 heterocycles. The maximum Gasteiger partial charge on any atom is 0.203 e. The molecule has 0 amide bonds. The van der Waals surface area contributed by atoms with E-state index in [-0.39, 0.29) is 5.49 Å². The molecule has 1 aliphatic rings. The fourth-order valence-corrected chi connectivity index (χ4v) is 4.24. The van der Waals surface area contributed by atoms with Gasteiger partial charge in [0.15, 0.2) is 0 Å². The highest BCUT2D eigenvalue weighted by molar-refractivity contribution is 6.42. The zero-order chi connectivity index (χ0) is 20.0. The summed E-state index contributed by atoms with van der Waals surface area (Å²) in [5.74, 6) is -0.612. The van der Waals surface area contributed by atoms with Crippen molar-refractivity contribution in [3.05, 3.63) is 57.9 Å². The number of hydrogen-bond acceptors (Lipinski definition) is 6. The number of halogens is 2. The van der Waals surface area contributed by atoms with Crippen LogP contribution in [0.25, 0.3) is 11.0 Å². The van der Waals surface area contributed by atoms with Gasteiger partial charge in [0.05, 0.1) is 40.0 Å². The Morgan fingerprint density at radius 2 is 1.96 bits per heavy atom. The highest BCUT2D eigenvalue weighted by Crippen LogP contribution is 2.43. The van der Waals surface area contributed by atoms with Gasteiger partial charge in [0, 0.05) is 12.1 Å². The van der Waals surface area contributed by atoms with Gasteiger partial charge in [0.25, 0.3) is 0 Å². The van der Waals surface area contributed by atoms with Crippen LogP contribution < -0.4 is 5.49 Å². The van der Waals surface area contributed by atoms with Crippen LogP contribution in [0.4, 0.5) is 0 Å². The van der Waals surface area contributed by atoms with Gasteiger partial charge in [-0.25, -0.2) is 4.98 Å². The van der Waals surface area contributed by atoms with E-state index in [9.17, 15) is 15.3 Å². The molecule has 2 aromatic heterocycles. The van der Waals surface area contributed by atoms with Crippen LogP contribution in [0.15, 0.2) is 41.9 Å². The normalized spacial score (nSPS) is 26.8. The summed E-state index contributed by atoms with van der Waals surface area (Å²) in [6.07, 6.45) is 0.138. The molecule has 10 heteroatoms. The quantitative estimate of drug-likeness (QED) is 0.324. The maximum atomic E-state index is 10.8. The average Bonchev–Trinajstić information content (AvgIpc) is 3.25. The van der Waals surface area contributed by atoms with Crippen LogP contribution in [-0.4, -0.2) is 47.3 Å². The second-order valence-corrected chi connectivity index (χ2v) is 7.69. The molecule has 0 aliphatic heterocycles. The van der Waals surface area contributed by atoms with Gasteiger partial charge in [-0.15, -0.1) is 0 Å². The number of aromatic nitrogens is 3. The van der Waals surface area contributed by atoms with Crippen LogP contribution in [0.5, 0.6) is 0 Å². The lowest BCUT2D eigenvalue weighted by molar-refractivity contribution is -0.0264. The highest BCUT2D eigenvalue weighted by atomic mass is 35.5.